The molecule has 1 fully saturated rings. The van der Waals surface area contributed by atoms with Crippen LogP contribution in [-0.2, 0) is 9.53 Å². The molecular formula is C13H14N4O2S. The average molecular weight is 290 g/mol. The molecule has 7 heteroatoms. The molecule has 20 heavy (non-hydrogen) atoms. The number of benzene rings is 1. The van der Waals surface area contributed by atoms with Crippen LogP contribution in [0, 0.1) is 6.92 Å². The van der Waals surface area contributed by atoms with Gasteiger partial charge in [-0.15, -0.1) is 5.10 Å². The van der Waals surface area contributed by atoms with Crippen molar-refractivity contribution in [2.45, 2.75) is 36.8 Å². The number of nitrogens with zero attached hydrogens (tertiary/aromatic N) is 4. The highest BCUT2D eigenvalue weighted by atomic mass is 32.2. The highest BCUT2D eigenvalue weighted by molar-refractivity contribution is 8.00. The third kappa shape index (κ3) is 2.53. The zero-order chi connectivity index (χ0) is 14.1. The van der Waals surface area contributed by atoms with E-state index in [2.05, 4.69) is 15.5 Å². The minimum atomic E-state index is -0.237. The molecule has 2 unspecified atom stereocenters. The molecule has 0 radical (unpaired) electrons. The minimum Gasteiger partial charge on any atom is -0.462 e. The van der Waals surface area contributed by atoms with Gasteiger partial charge in [-0.1, -0.05) is 23.9 Å². The van der Waals surface area contributed by atoms with Crippen molar-refractivity contribution in [1.82, 2.24) is 20.2 Å². The molecule has 2 atom stereocenters. The Morgan fingerprint density at radius 2 is 2.30 bits per heavy atom. The Hall–Kier alpha value is -1.89. The number of cyclic esters (lactones) is 1. The predicted molar refractivity (Wildman–Crippen MR) is 73.7 cm³/mol. The van der Waals surface area contributed by atoms with Gasteiger partial charge in [-0.2, -0.15) is 4.68 Å². The lowest BCUT2D eigenvalue weighted by Gasteiger charge is -2.06. The molecule has 1 aromatic heterocycles. The summed E-state index contributed by atoms with van der Waals surface area (Å²) in [6.07, 6.45) is 0.646. The van der Waals surface area contributed by atoms with Gasteiger partial charge in [0.2, 0.25) is 5.16 Å². The molecule has 0 bridgehead atoms. The monoisotopic (exact) mass is 290 g/mol. The van der Waals surface area contributed by atoms with Crippen LogP contribution in [-0.4, -0.2) is 37.5 Å². The van der Waals surface area contributed by atoms with Crippen molar-refractivity contribution in [1.29, 1.82) is 0 Å². The highest BCUT2D eigenvalue weighted by Gasteiger charge is 2.34. The molecule has 1 aromatic carbocycles. The second-order valence-corrected chi connectivity index (χ2v) is 5.97. The van der Waals surface area contributed by atoms with Gasteiger partial charge in [-0.05, 0) is 42.0 Å². The number of tetrazole rings is 1. The third-order valence-corrected chi connectivity index (χ3v) is 4.20. The Balaban J connectivity index is 1.86. The van der Waals surface area contributed by atoms with Gasteiger partial charge in [0.05, 0.1) is 5.69 Å². The largest absolute Gasteiger partial charge is 0.462 e. The van der Waals surface area contributed by atoms with Crippen LogP contribution in [0.4, 0.5) is 0 Å². The molecule has 0 saturated carbocycles. The molecule has 0 N–H and O–H groups in total. The summed E-state index contributed by atoms with van der Waals surface area (Å²) in [6.45, 7) is 3.90. The zero-order valence-electron chi connectivity index (χ0n) is 11.2. The molecule has 1 saturated heterocycles. The van der Waals surface area contributed by atoms with Gasteiger partial charge in [-0.25, -0.2) is 0 Å². The summed E-state index contributed by atoms with van der Waals surface area (Å²) in [5.41, 5.74) is 2.01. The average Bonchev–Trinajstić information content (AvgIpc) is 2.97. The van der Waals surface area contributed by atoms with Crippen molar-refractivity contribution < 1.29 is 9.53 Å². The normalized spacial score (nSPS) is 22.0. The topological polar surface area (TPSA) is 69.9 Å². The Morgan fingerprint density at radius 3 is 3.00 bits per heavy atom. The molecule has 1 aliphatic rings. The summed E-state index contributed by atoms with van der Waals surface area (Å²) < 4.78 is 6.80. The standard InChI is InChI=1S/C13H14N4O2S/c1-8-4-3-5-10(6-8)17-13(14-15-16-17)20-11-7-9(2)19-12(11)18/h3-6,9,11H,7H2,1-2H3. The second kappa shape index (κ2) is 5.24. The predicted octanol–water partition coefficient (Wildman–Crippen LogP) is 1.77. The van der Waals surface area contributed by atoms with Crippen LogP contribution in [0.2, 0.25) is 0 Å². The van der Waals surface area contributed by atoms with Crippen molar-refractivity contribution >= 4 is 17.7 Å². The zero-order valence-corrected chi connectivity index (χ0v) is 12.0. The first-order valence-electron chi connectivity index (χ1n) is 6.36. The fourth-order valence-electron chi connectivity index (χ4n) is 2.12. The number of aryl methyl sites for hydroxylation is 1. The van der Waals surface area contributed by atoms with Gasteiger partial charge in [0.1, 0.15) is 11.4 Å². The van der Waals surface area contributed by atoms with Crippen molar-refractivity contribution in [2.24, 2.45) is 0 Å². The summed E-state index contributed by atoms with van der Waals surface area (Å²) in [5, 5.41) is 12.1. The molecule has 0 aliphatic carbocycles. The van der Waals surface area contributed by atoms with E-state index in [1.54, 1.807) is 4.68 Å². The number of carbonyl (C=O) groups is 1. The van der Waals surface area contributed by atoms with Crippen molar-refractivity contribution in [3.05, 3.63) is 29.8 Å². The number of ether oxygens (including phenoxy) is 1. The van der Waals surface area contributed by atoms with E-state index in [-0.39, 0.29) is 17.3 Å². The molecule has 2 heterocycles. The number of esters is 1. The number of hydrogen-bond donors (Lipinski definition) is 0. The van der Waals surface area contributed by atoms with Crippen molar-refractivity contribution in [2.75, 3.05) is 0 Å². The number of aromatic nitrogens is 4. The summed E-state index contributed by atoms with van der Waals surface area (Å²) in [5.74, 6) is -0.193. The van der Waals surface area contributed by atoms with Crippen LogP contribution in [0.1, 0.15) is 18.9 Å². The summed E-state index contributed by atoms with van der Waals surface area (Å²) in [4.78, 5) is 11.7. The van der Waals surface area contributed by atoms with Gasteiger partial charge < -0.3 is 4.74 Å². The van der Waals surface area contributed by atoms with Crippen LogP contribution >= 0.6 is 11.8 Å². The van der Waals surface area contributed by atoms with E-state index in [4.69, 9.17) is 4.74 Å². The number of thioether (sulfide) groups is 1. The Bertz CT molecular complexity index is 643. The van der Waals surface area contributed by atoms with E-state index >= 15 is 0 Å². The van der Waals surface area contributed by atoms with Crippen LogP contribution in [0.25, 0.3) is 5.69 Å². The van der Waals surface area contributed by atoms with E-state index in [1.807, 2.05) is 38.1 Å². The molecule has 6 nitrogen and oxygen atoms in total. The summed E-state index contributed by atoms with van der Waals surface area (Å²) in [6, 6.07) is 7.89. The van der Waals surface area contributed by atoms with Crippen LogP contribution in [0.15, 0.2) is 29.4 Å². The minimum absolute atomic E-state index is 0.0386. The quantitative estimate of drug-likeness (QED) is 0.802. The fraction of sp³-hybridized carbons (Fsp3) is 0.385. The van der Waals surface area contributed by atoms with E-state index < -0.39 is 0 Å². The molecule has 0 amide bonds. The number of carbonyl (C=O) groups excluding carboxylic acids is 1. The van der Waals surface area contributed by atoms with Crippen LogP contribution < -0.4 is 0 Å². The highest BCUT2D eigenvalue weighted by Crippen LogP contribution is 2.31. The summed E-state index contributed by atoms with van der Waals surface area (Å²) >= 11 is 1.35. The van der Waals surface area contributed by atoms with Gasteiger partial charge >= 0.3 is 5.97 Å². The Morgan fingerprint density at radius 1 is 1.45 bits per heavy atom. The first kappa shape index (κ1) is 13.1. The van der Waals surface area contributed by atoms with Crippen molar-refractivity contribution in [3.8, 4) is 5.69 Å². The van der Waals surface area contributed by atoms with Gasteiger partial charge in [0, 0.05) is 6.42 Å². The molecule has 3 rings (SSSR count). The maximum atomic E-state index is 11.7. The lowest BCUT2D eigenvalue weighted by molar-refractivity contribution is -0.140. The lowest BCUT2D eigenvalue weighted by Crippen LogP contribution is -2.11. The molecular weight excluding hydrogens is 276 g/mol. The Labute approximate surface area is 120 Å². The first-order chi connectivity index (χ1) is 9.63. The van der Waals surface area contributed by atoms with Gasteiger partial charge in [0.25, 0.3) is 0 Å². The van der Waals surface area contributed by atoms with Gasteiger partial charge in [-0.3, -0.25) is 4.79 Å². The van der Waals surface area contributed by atoms with Crippen LogP contribution in [0.3, 0.4) is 0 Å². The number of rotatable bonds is 3. The van der Waals surface area contributed by atoms with E-state index in [1.165, 1.54) is 11.8 Å². The molecule has 1 aliphatic heterocycles. The van der Waals surface area contributed by atoms with E-state index in [0.717, 1.165) is 11.3 Å². The van der Waals surface area contributed by atoms with E-state index in [9.17, 15) is 4.79 Å². The first-order valence-corrected chi connectivity index (χ1v) is 7.24. The van der Waals surface area contributed by atoms with Gasteiger partial charge in [0.15, 0.2) is 0 Å². The van der Waals surface area contributed by atoms with Crippen LogP contribution in [0.5, 0.6) is 0 Å². The maximum Gasteiger partial charge on any atom is 0.319 e. The Kier molecular flexibility index (Phi) is 3.43. The third-order valence-electron chi connectivity index (χ3n) is 3.06. The molecule has 2 aromatic rings. The smallest absolute Gasteiger partial charge is 0.319 e. The second-order valence-electron chi connectivity index (χ2n) is 4.80. The summed E-state index contributed by atoms with van der Waals surface area (Å²) in [7, 11) is 0. The maximum absolute atomic E-state index is 11.7. The lowest BCUT2D eigenvalue weighted by atomic mass is 10.2. The van der Waals surface area contributed by atoms with E-state index in [0.29, 0.717) is 11.6 Å². The molecule has 104 valence electrons. The SMILES string of the molecule is Cc1cccc(-n2nnnc2SC2CC(C)OC2=O)c1. The number of hydrogen-bond acceptors (Lipinski definition) is 6. The molecule has 0 spiro atoms. The fourth-order valence-corrected chi connectivity index (χ4v) is 3.22. The van der Waals surface area contributed by atoms with Crippen molar-refractivity contribution in [3.63, 3.8) is 0 Å².